The molecule has 1 aromatic heterocycles. The molecule has 2 heteroatoms. The van der Waals surface area contributed by atoms with Crippen LogP contribution in [0.3, 0.4) is 0 Å². The number of thiophene rings is 1. The zero-order chi connectivity index (χ0) is 12.3. The number of nitrogens with one attached hydrogen (secondary N) is 1. The highest BCUT2D eigenvalue weighted by atomic mass is 32.1. The van der Waals surface area contributed by atoms with E-state index in [4.69, 9.17) is 0 Å². The first-order valence-corrected chi connectivity index (χ1v) is 7.23. The van der Waals surface area contributed by atoms with Crippen molar-refractivity contribution in [1.29, 1.82) is 0 Å². The number of benzene rings is 1. The number of rotatable bonds is 5. The smallest absolute Gasteiger partial charge is 0.0346 e. The monoisotopic (exact) mass is 247 g/mol. The van der Waals surface area contributed by atoms with Crippen LogP contribution in [0, 0.1) is 5.92 Å². The Morgan fingerprint density at radius 2 is 1.94 bits per heavy atom. The van der Waals surface area contributed by atoms with Gasteiger partial charge in [-0.05, 0) is 48.2 Å². The van der Waals surface area contributed by atoms with Gasteiger partial charge in [-0.2, -0.15) is 0 Å². The van der Waals surface area contributed by atoms with Gasteiger partial charge in [0, 0.05) is 10.7 Å². The maximum atomic E-state index is 3.46. The summed E-state index contributed by atoms with van der Waals surface area (Å²) in [6.45, 7) is 4.58. The Balaban J connectivity index is 2.24. The molecule has 1 aromatic carbocycles. The lowest BCUT2D eigenvalue weighted by molar-refractivity contribution is 0.467. The average molecular weight is 247 g/mol. The van der Waals surface area contributed by atoms with Crippen LogP contribution in [0.5, 0.6) is 0 Å². The number of fused-ring (bicyclic) bond motifs is 1. The van der Waals surface area contributed by atoms with Crippen LogP contribution in [0.15, 0.2) is 29.6 Å². The molecule has 0 radical (unpaired) electrons. The van der Waals surface area contributed by atoms with E-state index in [9.17, 15) is 0 Å². The predicted molar refractivity (Wildman–Crippen MR) is 77.7 cm³/mol. The van der Waals surface area contributed by atoms with Crippen molar-refractivity contribution < 1.29 is 0 Å². The largest absolute Gasteiger partial charge is 0.313 e. The molecule has 0 saturated heterocycles. The SMILES string of the molecule is CNC(CCC(C)C)c1csc2ccccc12. The van der Waals surface area contributed by atoms with Crippen LogP contribution in [-0.4, -0.2) is 7.05 Å². The molecule has 2 aromatic rings. The third-order valence-corrected chi connectivity index (χ3v) is 4.25. The molecule has 0 amide bonds. The van der Waals surface area contributed by atoms with Gasteiger partial charge in [0.15, 0.2) is 0 Å². The predicted octanol–water partition coefficient (Wildman–Crippen LogP) is 4.60. The van der Waals surface area contributed by atoms with E-state index in [0.29, 0.717) is 6.04 Å². The van der Waals surface area contributed by atoms with Gasteiger partial charge in [-0.25, -0.2) is 0 Å². The minimum Gasteiger partial charge on any atom is -0.313 e. The molecule has 1 unspecified atom stereocenters. The summed E-state index contributed by atoms with van der Waals surface area (Å²) in [5.41, 5.74) is 1.47. The van der Waals surface area contributed by atoms with Crippen LogP contribution in [-0.2, 0) is 0 Å². The lowest BCUT2D eigenvalue weighted by Crippen LogP contribution is -2.16. The van der Waals surface area contributed by atoms with Crippen molar-refractivity contribution in [2.24, 2.45) is 5.92 Å². The summed E-state index contributed by atoms with van der Waals surface area (Å²) in [4.78, 5) is 0. The van der Waals surface area contributed by atoms with Crippen LogP contribution < -0.4 is 5.32 Å². The average Bonchev–Trinajstić information content (AvgIpc) is 2.74. The summed E-state index contributed by atoms with van der Waals surface area (Å²) in [5, 5.41) is 7.19. The summed E-state index contributed by atoms with van der Waals surface area (Å²) >= 11 is 1.85. The minimum atomic E-state index is 0.494. The van der Waals surface area contributed by atoms with Crippen molar-refractivity contribution in [3.05, 3.63) is 35.2 Å². The first-order chi connectivity index (χ1) is 8.22. The summed E-state index contributed by atoms with van der Waals surface area (Å²) in [5.74, 6) is 0.774. The molecule has 1 heterocycles. The normalized spacial score (nSPS) is 13.4. The maximum absolute atomic E-state index is 3.46. The Labute approximate surface area is 108 Å². The molecular formula is C15H21NS. The second-order valence-electron chi connectivity index (χ2n) is 5.00. The second-order valence-corrected chi connectivity index (χ2v) is 5.91. The fourth-order valence-corrected chi connectivity index (χ4v) is 3.24. The molecule has 2 rings (SSSR count). The van der Waals surface area contributed by atoms with Gasteiger partial charge in [0.2, 0.25) is 0 Å². The van der Waals surface area contributed by atoms with Crippen molar-refractivity contribution in [2.45, 2.75) is 32.7 Å². The minimum absolute atomic E-state index is 0.494. The molecule has 0 aliphatic carbocycles. The van der Waals surface area contributed by atoms with Gasteiger partial charge in [0.25, 0.3) is 0 Å². The standard InChI is InChI=1S/C15H21NS/c1-11(2)8-9-14(16-3)13-10-17-15-7-5-4-6-12(13)15/h4-7,10-11,14,16H,8-9H2,1-3H3. The van der Waals surface area contributed by atoms with Crippen molar-refractivity contribution in [1.82, 2.24) is 5.32 Å². The van der Waals surface area contributed by atoms with E-state index in [0.717, 1.165) is 5.92 Å². The van der Waals surface area contributed by atoms with E-state index < -0.39 is 0 Å². The Morgan fingerprint density at radius 1 is 1.18 bits per heavy atom. The second kappa shape index (κ2) is 5.65. The maximum Gasteiger partial charge on any atom is 0.0346 e. The summed E-state index contributed by atoms with van der Waals surface area (Å²) < 4.78 is 1.40. The lowest BCUT2D eigenvalue weighted by Gasteiger charge is -2.17. The zero-order valence-electron chi connectivity index (χ0n) is 10.9. The number of hydrogen-bond acceptors (Lipinski definition) is 2. The number of hydrogen-bond donors (Lipinski definition) is 1. The molecule has 1 N–H and O–H groups in total. The molecule has 0 bridgehead atoms. The van der Waals surface area contributed by atoms with Crippen molar-refractivity contribution >= 4 is 21.4 Å². The molecule has 0 aliphatic heterocycles. The van der Waals surface area contributed by atoms with Gasteiger partial charge >= 0.3 is 0 Å². The van der Waals surface area contributed by atoms with Crippen LogP contribution in [0.4, 0.5) is 0 Å². The first-order valence-electron chi connectivity index (χ1n) is 6.35. The topological polar surface area (TPSA) is 12.0 Å². The van der Waals surface area contributed by atoms with Gasteiger partial charge in [0.1, 0.15) is 0 Å². The highest BCUT2D eigenvalue weighted by Gasteiger charge is 2.14. The third-order valence-electron chi connectivity index (χ3n) is 3.27. The highest BCUT2D eigenvalue weighted by Crippen LogP contribution is 2.32. The van der Waals surface area contributed by atoms with E-state index in [1.54, 1.807) is 0 Å². The third kappa shape index (κ3) is 2.88. The molecule has 0 spiro atoms. The molecule has 0 aliphatic rings. The van der Waals surface area contributed by atoms with E-state index in [-0.39, 0.29) is 0 Å². The molecular weight excluding hydrogens is 226 g/mol. The Kier molecular flexibility index (Phi) is 4.19. The molecule has 1 atom stereocenters. The van der Waals surface area contributed by atoms with Gasteiger partial charge in [-0.15, -0.1) is 11.3 Å². The molecule has 92 valence electrons. The zero-order valence-corrected chi connectivity index (χ0v) is 11.7. The van der Waals surface area contributed by atoms with Crippen molar-refractivity contribution in [3.8, 4) is 0 Å². The molecule has 0 saturated carbocycles. The van der Waals surface area contributed by atoms with Crippen LogP contribution in [0.1, 0.15) is 38.3 Å². The Morgan fingerprint density at radius 3 is 2.65 bits per heavy atom. The van der Waals surface area contributed by atoms with Crippen LogP contribution in [0.2, 0.25) is 0 Å². The van der Waals surface area contributed by atoms with Crippen molar-refractivity contribution in [3.63, 3.8) is 0 Å². The fraction of sp³-hybridized carbons (Fsp3) is 0.467. The van der Waals surface area contributed by atoms with Crippen molar-refractivity contribution in [2.75, 3.05) is 7.05 Å². The summed E-state index contributed by atoms with van der Waals surface area (Å²) in [6, 6.07) is 9.19. The summed E-state index contributed by atoms with van der Waals surface area (Å²) in [6.07, 6.45) is 2.49. The molecule has 17 heavy (non-hydrogen) atoms. The Hall–Kier alpha value is -0.860. The van der Waals surface area contributed by atoms with Gasteiger partial charge in [-0.3, -0.25) is 0 Å². The van der Waals surface area contributed by atoms with Gasteiger partial charge < -0.3 is 5.32 Å². The molecule has 1 nitrogen and oxygen atoms in total. The van der Waals surface area contributed by atoms with Gasteiger partial charge in [-0.1, -0.05) is 32.0 Å². The van der Waals surface area contributed by atoms with E-state index in [1.807, 2.05) is 11.3 Å². The molecule has 0 fully saturated rings. The lowest BCUT2D eigenvalue weighted by atomic mass is 9.97. The quantitative estimate of drug-likeness (QED) is 0.814. The van der Waals surface area contributed by atoms with Gasteiger partial charge in [0.05, 0.1) is 0 Å². The van der Waals surface area contributed by atoms with Crippen LogP contribution in [0.25, 0.3) is 10.1 Å². The fourth-order valence-electron chi connectivity index (χ4n) is 2.22. The highest BCUT2D eigenvalue weighted by molar-refractivity contribution is 7.17. The Bertz CT molecular complexity index is 472. The summed E-state index contributed by atoms with van der Waals surface area (Å²) in [7, 11) is 2.07. The van der Waals surface area contributed by atoms with E-state index >= 15 is 0 Å². The van der Waals surface area contributed by atoms with Crippen LogP contribution >= 0.6 is 11.3 Å². The first kappa shape index (κ1) is 12.6. The van der Waals surface area contributed by atoms with E-state index in [1.165, 1.54) is 28.5 Å². The van der Waals surface area contributed by atoms with E-state index in [2.05, 4.69) is 55.9 Å².